The molecule has 0 unspecified atom stereocenters. The van der Waals surface area contributed by atoms with Gasteiger partial charge in [-0.1, -0.05) is 41.0 Å². The summed E-state index contributed by atoms with van der Waals surface area (Å²) in [6.45, 7) is 0.0421. The maximum absolute atomic E-state index is 12.4. The Balaban J connectivity index is 2.55. The second-order valence-electron chi connectivity index (χ2n) is 5.79. The first-order valence-corrected chi connectivity index (χ1v) is 6.54. The molecule has 2 rings (SSSR count). The number of hydrogen-bond donors (Lipinski definition) is 0. The van der Waals surface area contributed by atoms with E-state index in [2.05, 4.69) is 0 Å². The molecule has 1 aromatic rings. The zero-order valence-electron chi connectivity index (χ0n) is 12.1. The second-order valence-corrected chi connectivity index (χ2v) is 5.79. The highest BCUT2D eigenvalue weighted by Crippen LogP contribution is 2.53. The normalized spacial score (nSPS) is 25.5. The Morgan fingerprint density at radius 2 is 1.18 bits per heavy atom. The summed E-state index contributed by atoms with van der Waals surface area (Å²) in [5.41, 5.74) is 0.754. The van der Waals surface area contributed by atoms with E-state index >= 15 is 0 Å². The van der Waals surface area contributed by atoms with Crippen LogP contribution in [0.2, 0.25) is 10.4 Å². The van der Waals surface area contributed by atoms with Crippen LogP contribution in [0.25, 0.3) is 0 Å². The van der Waals surface area contributed by atoms with Gasteiger partial charge in [-0.2, -0.15) is 0 Å². The van der Waals surface area contributed by atoms with E-state index < -0.39 is 26.9 Å². The molecule has 1 saturated heterocycles. The number of likely N-dealkylation sites (tertiary alicyclic amines) is 1. The highest BCUT2D eigenvalue weighted by molar-refractivity contribution is 6.72. The average Bonchev–Trinajstić information content (AvgIpc) is 2.43. The molecule has 0 bridgehead atoms. The first-order valence-electron chi connectivity index (χ1n) is 6.54. The van der Waals surface area contributed by atoms with Gasteiger partial charge in [-0.25, -0.2) is 0 Å². The lowest BCUT2D eigenvalue weighted by molar-refractivity contribution is -0.127. The average molecular weight is 268 g/mol. The van der Waals surface area contributed by atoms with E-state index in [1.165, 1.54) is 0 Å². The molecular formula is C12H7B8NO. The number of benzene rings is 1. The molecule has 1 fully saturated rings. The van der Waals surface area contributed by atoms with Gasteiger partial charge in [-0.15, -0.1) is 0 Å². The predicted molar refractivity (Wildman–Crippen MR) is 93.9 cm³/mol. The molecule has 0 aliphatic carbocycles. The molecule has 1 aromatic carbocycles. The number of ketones is 1. The Morgan fingerprint density at radius 1 is 0.773 bits per heavy atom. The quantitative estimate of drug-likeness (QED) is 0.576. The molecule has 0 saturated carbocycles. The van der Waals surface area contributed by atoms with Gasteiger partial charge in [-0.05, 0) is 16.0 Å². The van der Waals surface area contributed by atoms with Crippen LogP contribution in [0.15, 0.2) is 30.3 Å². The highest BCUT2D eigenvalue weighted by Gasteiger charge is 2.60. The van der Waals surface area contributed by atoms with Crippen molar-refractivity contribution in [1.29, 1.82) is 0 Å². The first kappa shape index (κ1) is 17.7. The van der Waals surface area contributed by atoms with Gasteiger partial charge < -0.3 is 9.69 Å². The molecule has 90 valence electrons. The van der Waals surface area contributed by atoms with Crippen molar-refractivity contribution in [2.75, 3.05) is 0 Å². The summed E-state index contributed by atoms with van der Waals surface area (Å²) < 4.78 is 0. The molecule has 1 aliphatic heterocycles. The van der Waals surface area contributed by atoms with Crippen molar-refractivity contribution in [2.24, 2.45) is 0 Å². The molecule has 0 atom stereocenters. The summed E-state index contributed by atoms with van der Waals surface area (Å²) in [6, 6.07) is 8.98. The fourth-order valence-corrected chi connectivity index (χ4v) is 2.49. The van der Waals surface area contributed by atoms with Gasteiger partial charge in [0.1, 0.15) is 5.78 Å². The molecule has 1 heterocycles. The van der Waals surface area contributed by atoms with E-state index in [9.17, 15) is 4.79 Å². The third-order valence-corrected chi connectivity index (χ3v) is 4.15. The topological polar surface area (TPSA) is 20.3 Å². The lowest BCUT2D eigenvalue weighted by Gasteiger charge is -2.69. The van der Waals surface area contributed by atoms with Crippen LogP contribution in [0.5, 0.6) is 0 Å². The molecule has 0 amide bonds. The molecule has 0 N–H and O–H groups in total. The third-order valence-electron chi connectivity index (χ3n) is 4.15. The monoisotopic (exact) mass is 269 g/mol. The lowest BCUT2D eigenvalue weighted by Crippen LogP contribution is -2.78. The zero-order valence-corrected chi connectivity index (χ0v) is 12.1. The van der Waals surface area contributed by atoms with E-state index in [1.807, 2.05) is 6.07 Å². The van der Waals surface area contributed by atoms with E-state index in [0.717, 1.165) is 10.5 Å². The van der Waals surface area contributed by atoms with Crippen LogP contribution in [0.4, 0.5) is 0 Å². The smallest absolute Gasteiger partial charge is 0.112 e. The number of nitrogens with zero attached hydrogens (tertiary/aromatic N) is 1. The largest absolute Gasteiger partial charge is 0.322 e. The van der Waals surface area contributed by atoms with Gasteiger partial charge in [0.2, 0.25) is 0 Å². The predicted octanol–water partition coefficient (Wildman–Crippen LogP) is -2.04. The summed E-state index contributed by atoms with van der Waals surface area (Å²) in [5.74, 6) is -1.03. The van der Waals surface area contributed by atoms with Crippen molar-refractivity contribution in [2.45, 2.75) is 27.6 Å². The van der Waals surface area contributed by atoms with Crippen LogP contribution in [0, 0.1) is 0 Å². The van der Waals surface area contributed by atoms with Gasteiger partial charge in [0.15, 0.2) is 0 Å². The lowest BCUT2D eigenvalue weighted by atomic mass is 9.18. The zero-order chi connectivity index (χ0) is 17.0. The van der Waals surface area contributed by atoms with Gasteiger partial charge in [0.25, 0.3) is 0 Å². The number of carbonyl (C=O) groups is 1. The summed E-state index contributed by atoms with van der Waals surface area (Å²) in [5, 5.41) is -8.61. The number of rotatable bonds is 2. The molecule has 1 aliphatic rings. The van der Waals surface area contributed by atoms with Crippen molar-refractivity contribution >= 4 is 68.6 Å². The van der Waals surface area contributed by atoms with E-state index in [4.69, 9.17) is 62.8 Å². The Labute approximate surface area is 142 Å². The van der Waals surface area contributed by atoms with Crippen LogP contribution in [-0.4, -0.2) is 84.1 Å². The van der Waals surface area contributed by atoms with Crippen LogP contribution in [-0.2, 0) is 11.3 Å². The Hall–Kier alpha value is -0.631. The fourth-order valence-electron chi connectivity index (χ4n) is 2.49. The second kappa shape index (κ2) is 5.19. The Kier molecular flexibility index (Phi) is 4.18. The van der Waals surface area contributed by atoms with Gasteiger partial charge in [0.05, 0.1) is 62.8 Å². The SMILES string of the molecule is [B]C1([B])C(=O)C([B])([B])C([B])([B])N(Cc2ccccc2)C1([B])[B]. The minimum Gasteiger partial charge on any atom is -0.322 e. The number of carbonyl (C=O) groups excluding carboxylic acids is 1. The first-order chi connectivity index (χ1) is 9.87. The molecule has 0 aromatic heterocycles. The number of Topliss-reactive ketones (excluding diaryl/α,β-unsaturated/α-hetero) is 1. The Morgan fingerprint density at radius 3 is 1.59 bits per heavy atom. The third kappa shape index (κ3) is 2.29. The van der Waals surface area contributed by atoms with Gasteiger partial charge in [0, 0.05) is 6.54 Å². The Bertz CT molecular complexity index is 556. The standard InChI is InChI=1S/C12H7B8NO/c13-9(14)8(22)10(15,16)12(19,20)21(11(9,17)18)6-7-4-2-1-3-5-7/h1-5H,6H2. The number of piperidine rings is 1. The van der Waals surface area contributed by atoms with Crippen molar-refractivity contribution in [1.82, 2.24) is 4.90 Å². The van der Waals surface area contributed by atoms with Crippen LogP contribution in [0.1, 0.15) is 5.56 Å². The molecule has 2 nitrogen and oxygen atoms in total. The van der Waals surface area contributed by atoms with E-state index in [-0.39, 0.29) is 6.54 Å². The van der Waals surface area contributed by atoms with E-state index in [1.54, 1.807) is 24.3 Å². The van der Waals surface area contributed by atoms with Crippen LogP contribution in [0.3, 0.4) is 0 Å². The van der Waals surface area contributed by atoms with Crippen molar-refractivity contribution < 1.29 is 4.79 Å². The summed E-state index contributed by atoms with van der Waals surface area (Å²) in [4.78, 5) is 13.5. The summed E-state index contributed by atoms with van der Waals surface area (Å²) >= 11 is 0. The fraction of sp³-hybridized carbons (Fsp3) is 0.417. The molecule has 22 heavy (non-hydrogen) atoms. The van der Waals surface area contributed by atoms with Crippen molar-refractivity contribution in [3.63, 3.8) is 0 Å². The maximum atomic E-state index is 12.4. The molecular weight excluding hydrogens is 261 g/mol. The van der Waals surface area contributed by atoms with Crippen molar-refractivity contribution in [3.8, 4) is 0 Å². The van der Waals surface area contributed by atoms with Crippen LogP contribution >= 0.6 is 0 Å². The minimum absolute atomic E-state index is 0.0421. The molecule has 0 spiro atoms. The maximum Gasteiger partial charge on any atom is 0.112 e. The molecule has 10 heteroatoms. The number of hydrogen-bond acceptors (Lipinski definition) is 2. The molecule has 16 radical (unpaired) electrons. The van der Waals surface area contributed by atoms with Crippen molar-refractivity contribution in [3.05, 3.63) is 35.9 Å². The van der Waals surface area contributed by atoms with Crippen LogP contribution < -0.4 is 0 Å². The van der Waals surface area contributed by atoms with Gasteiger partial charge >= 0.3 is 0 Å². The highest BCUT2D eigenvalue weighted by atomic mass is 16.1. The summed E-state index contributed by atoms with van der Waals surface area (Å²) in [7, 11) is 47.2. The van der Waals surface area contributed by atoms with Gasteiger partial charge in [-0.3, -0.25) is 0 Å². The summed E-state index contributed by atoms with van der Waals surface area (Å²) in [6.07, 6.45) is 0. The van der Waals surface area contributed by atoms with E-state index in [0.29, 0.717) is 0 Å². The minimum atomic E-state index is -2.24.